The van der Waals surface area contributed by atoms with Crippen LogP contribution in [0.5, 0.6) is 5.75 Å². The van der Waals surface area contributed by atoms with E-state index in [0.29, 0.717) is 5.69 Å². The lowest BCUT2D eigenvalue weighted by Crippen LogP contribution is -2.25. The van der Waals surface area contributed by atoms with Crippen molar-refractivity contribution in [2.24, 2.45) is 11.1 Å². The third-order valence-corrected chi connectivity index (χ3v) is 4.65. The molecule has 0 saturated heterocycles. The molecule has 0 atom stereocenters. The molecule has 21 heavy (non-hydrogen) atoms. The predicted octanol–water partition coefficient (Wildman–Crippen LogP) is 1.86. The fraction of sp³-hybridized carbons (Fsp3) is 0.500. The van der Waals surface area contributed by atoms with Gasteiger partial charge in [-0.1, -0.05) is 19.3 Å². The van der Waals surface area contributed by atoms with E-state index in [1.807, 2.05) is 0 Å². The highest BCUT2D eigenvalue weighted by Gasteiger charge is 2.22. The standard InChI is InChI=1S/C14H20N2O4S/c1-20-12-8-7-11(9-13(12)21(15,18)19)16-14(17)10-5-3-2-4-6-10/h7-10H,2-6H2,1H3,(H,16,17)(H2,15,18,19). The zero-order valence-corrected chi connectivity index (χ0v) is 12.8. The van der Waals surface area contributed by atoms with Crippen molar-refractivity contribution >= 4 is 21.6 Å². The van der Waals surface area contributed by atoms with Gasteiger partial charge in [-0.3, -0.25) is 4.79 Å². The molecule has 116 valence electrons. The number of anilines is 1. The third-order valence-electron chi connectivity index (χ3n) is 3.71. The molecular weight excluding hydrogens is 292 g/mol. The molecule has 7 heteroatoms. The maximum absolute atomic E-state index is 12.2. The Morgan fingerprint density at radius 1 is 1.29 bits per heavy atom. The lowest BCUT2D eigenvalue weighted by Gasteiger charge is -2.21. The van der Waals surface area contributed by atoms with Gasteiger partial charge in [-0.15, -0.1) is 0 Å². The van der Waals surface area contributed by atoms with E-state index < -0.39 is 10.0 Å². The van der Waals surface area contributed by atoms with Gasteiger partial charge in [0.15, 0.2) is 0 Å². The Hall–Kier alpha value is -1.60. The van der Waals surface area contributed by atoms with Crippen molar-refractivity contribution in [1.29, 1.82) is 0 Å². The minimum atomic E-state index is -3.91. The molecule has 1 aliphatic carbocycles. The van der Waals surface area contributed by atoms with Crippen LogP contribution in [0, 0.1) is 5.92 Å². The van der Waals surface area contributed by atoms with E-state index in [1.54, 1.807) is 6.07 Å². The molecule has 1 aromatic carbocycles. The van der Waals surface area contributed by atoms with Gasteiger partial charge in [-0.25, -0.2) is 13.6 Å². The van der Waals surface area contributed by atoms with Crippen molar-refractivity contribution in [3.05, 3.63) is 18.2 Å². The van der Waals surface area contributed by atoms with Gasteiger partial charge in [0.2, 0.25) is 15.9 Å². The lowest BCUT2D eigenvalue weighted by molar-refractivity contribution is -0.120. The molecule has 0 unspecified atom stereocenters. The number of rotatable bonds is 4. The van der Waals surface area contributed by atoms with E-state index in [1.165, 1.54) is 25.7 Å². The maximum atomic E-state index is 12.2. The second-order valence-electron chi connectivity index (χ2n) is 5.23. The number of ether oxygens (including phenoxy) is 1. The quantitative estimate of drug-likeness (QED) is 0.886. The number of nitrogens with one attached hydrogen (secondary N) is 1. The van der Waals surface area contributed by atoms with Crippen molar-refractivity contribution in [2.45, 2.75) is 37.0 Å². The number of nitrogens with two attached hydrogens (primary N) is 1. The molecule has 0 bridgehead atoms. The largest absolute Gasteiger partial charge is 0.495 e. The van der Waals surface area contributed by atoms with Crippen LogP contribution in [0.4, 0.5) is 5.69 Å². The smallest absolute Gasteiger partial charge is 0.241 e. The number of hydrogen-bond donors (Lipinski definition) is 2. The topological polar surface area (TPSA) is 98.5 Å². The van der Waals surface area contributed by atoms with E-state index in [4.69, 9.17) is 9.88 Å². The van der Waals surface area contributed by atoms with Crippen LogP contribution >= 0.6 is 0 Å². The molecule has 0 heterocycles. The average Bonchev–Trinajstić information content (AvgIpc) is 2.47. The summed E-state index contributed by atoms with van der Waals surface area (Å²) >= 11 is 0. The zero-order valence-electron chi connectivity index (χ0n) is 12.0. The van der Waals surface area contributed by atoms with Crippen LogP contribution in [0.1, 0.15) is 32.1 Å². The molecule has 2 rings (SSSR count). The Bertz CT molecular complexity index is 622. The number of amides is 1. The van der Waals surface area contributed by atoms with E-state index in [0.717, 1.165) is 25.7 Å². The molecule has 1 aliphatic rings. The van der Waals surface area contributed by atoms with Crippen LogP contribution < -0.4 is 15.2 Å². The number of carbonyl (C=O) groups is 1. The zero-order chi connectivity index (χ0) is 15.5. The number of carbonyl (C=O) groups excluding carboxylic acids is 1. The second-order valence-corrected chi connectivity index (χ2v) is 6.76. The Morgan fingerprint density at radius 3 is 2.52 bits per heavy atom. The van der Waals surface area contributed by atoms with E-state index >= 15 is 0 Å². The summed E-state index contributed by atoms with van der Waals surface area (Å²) in [6, 6.07) is 4.42. The fourth-order valence-electron chi connectivity index (χ4n) is 2.59. The summed E-state index contributed by atoms with van der Waals surface area (Å²) in [5.41, 5.74) is 0.412. The van der Waals surface area contributed by atoms with Crippen molar-refractivity contribution in [3.63, 3.8) is 0 Å². The second kappa shape index (κ2) is 6.44. The highest BCUT2D eigenvalue weighted by Crippen LogP contribution is 2.28. The van der Waals surface area contributed by atoms with E-state index in [2.05, 4.69) is 5.32 Å². The van der Waals surface area contributed by atoms with Gasteiger partial charge >= 0.3 is 0 Å². The SMILES string of the molecule is COc1ccc(NC(=O)C2CCCCC2)cc1S(N)(=O)=O. The Balaban J connectivity index is 2.19. The monoisotopic (exact) mass is 312 g/mol. The molecule has 0 aromatic heterocycles. The summed E-state index contributed by atoms with van der Waals surface area (Å²) in [5, 5.41) is 7.92. The Morgan fingerprint density at radius 2 is 1.95 bits per heavy atom. The molecule has 0 spiro atoms. The molecule has 1 fully saturated rings. The van der Waals surface area contributed by atoms with Crippen molar-refractivity contribution in [3.8, 4) is 5.75 Å². The molecule has 0 radical (unpaired) electrons. The Kier molecular flexibility index (Phi) is 4.84. The highest BCUT2D eigenvalue weighted by molar-refractivity contribution is 7.89. The summed E-state index contributed by atoms with van der Waals surface area (Å²) in [4.78, 5) is 12.0. The fourth-order valence-corrected chi connectivity index (χ4v) is 3.31. The lowest BCUT2D eigenvalue weighted by atomic mass is 9.88. The van der Waals surface area contributed by atoms with Crippen molar-refractivity contribution in [1.82, 2.24) is 0 Å². The predicted molar refractivity (Wildman–Crippen MR) is 79.6 cm³/mol. The number of primary sulfonamides is 1. The van der Waals surface area contributed by atoms with E-state index in [-0.39, 0.29) is 22.5 Å². The molecular formula is C14H20N2O4S. The van der Waals surface area contributed by atoms with Crippen LogP contribution in [0.3, 0.4) is 0 Å². The summed E-state index contributed by atoms with van der Waals surface area (Å²) in [7, 11) is -2.54. The van der Waals surface area contributed by atoms with Crippen LogP contribution in [-0.4, -0.2) is 21.4 Å². The molecule has 1 amide bonds. The third kappa shape index (κ3) is 3.95. The van der Waals surface area contributed by atoms with Crippen LogP contribution in [-0.2, 0) is 14.8 Å². The van der Waals surface area contributed by atoms with Crippen LogP contribution in [0.2, 0.25) is 0 Å². The molecule has 6 nitrogen and oxygen atoms in total. The van der Waals surface area contributed by atoms with Gasteiger partial charge in [0.25, 0.3) is 0 Å². The number of methoxy groups -OCH3 is 1. The number of hydrogen-bond acceptors (Lipinski definition) is 4. The summed E-state index contributed by atoms with van der Waals surface area (Å²) in [6.45, 7) is 0. The van der Waals surface area contributed by atoms with Gasteiger partial charge in [-0.05, 0) is 31.0 Å². The molecule has 0 aliphatic heterocycles. The van der Waals surface area contributed by atoms with Crippen molar-refractivity contribution < 1.29 is 17.9 Å². The average molecular weight is 312 g/mol. The summed E-state index contributed by atoms with van der Waals surface area (Å²) in [5.74, 6) is 0.0900. The van der Waals surface area contributed by atoms with Gasteiger partial charge in [0.05, 0.1) is 7.11 Å². The number of sulfonamides is 1. The molecule has 1 aromatic rings. The normalized spacial score (nSPS) is 16.5. The van der Waals surface area contributed by atoms with Crippen molar-refractivity contribution in [2.75, 3.05) is 12.4 Å². The summed E-state index contributed by atoms with van der Waals surface area (Å²) in [6.07, 6.45) is 5.04. The number of benzene rings is 1. The van der Waals surface area contributed by atoms with Gasteiger partial charge in [0, 0.05) is 11.6 Å². The molecule has 3 N–H and O–H groups in total. The Labute approximate surface area is 124 Å². The summed E-state index contributed by atoms with van der Waals surface area (Å²) < 4.78 is 28.1. The first kappa shape index (κ1) is 15.8. The minimum absolute atomic E-state index is 0.00112. The first-order valence-corrected chi connectivity index (χ1v) is 8.48. The first-order valence-electron chi connectivity index (χ1n) is 6.93. The van der Waals surface area contributed by atoms with Gasteiger partial charge in [-0.2, -0.15) is 0 Å². The van der Waals surface area contributed by atoms with Crippen LogP contribution in [0.25, 0.3) is 0 Å². The highest BCUT2D eigenvalue weighted by atomic mass is 32.2. The first-order chi connectivity index (χ1) is 9.91. The van der Waals surface area contributed by atoms with Crippen LogP contribution in [0.15, 0.2) is 23.1 Å². The van der Waals surface area contributed by atoms with Gasteiger partial charge < -0.3 is 10.1 Å². The minimum Gasteiger partial charge on any atom is -0.495 e. The maximum Gasteiger partial charge on any atom is 0.241 e. The van der Waals surface area contributed by atoms with E-state index in [9.17, 15) is 13.2 Å². The van der Waals surface area contributed by atoms with Gasteiger partial charge in [0.1, 0.15) is 10.6 Å². The molecule has 1 saturated carbocycles.